The number of rotatable bonds is 4. The van der Waals surface area contributed by atoms with Gasteiger partial charge in [0.2, 0.25) is 5.43 Å². The van der Waals surface area contributed by atoms with E-state index in [0.29, 0.717) is 18.5 Å². The highest BCUT2D eigenvalue weighted by molar-refractivity contribution is 5.87. The van der Waals surface area contributed by atoms with Crippen molar-refractivity contribution >= 4 is 10.8 Å². The summed E-state index contributed by atoms with van der Waals surface area (Å²) >= 11 is 0. The Kier molecular flexibility index (Phi) is 3.78. The number of benzene rings is 2. The lowest BCUT2D eigenvalue weighted by Gasteiger charge is -2.12. The monoisotopic (exact) mass is 296 g/mol. The first kappa shape index (κ1) is 14.1. The molecule has 2 N–H and O–H groups in total. The molecule has 22 heavy (non-hydrogen) atoms. The fourth-order valence-electron chi connectivity index (χ4n) is 2.62. The lowest BCUT2D eigenvalue weighted by atomic mass is 9.99. The van der Waals surface area contributed by atoms with Crippen molar-refractivity contribution in [3.05, 3.63) is 74.3 Å². The number of aromatic amines is 2. The van der Waals surface area contributed by atoms with Crippen LogP contribution < -0.4 is 15.7 Å². The number of fused-ring (bicyclic) bond motifs is 1. The summed E-state index contributed by atoms with van der Waals surface area (Å²) in [5.41, 5.74) is 0.623. The average molecular weight is 296 g/mol. The van der Waals surface area contributed by atoms with Crippen LogP contribution in [0.3, 0.4) is 0 Å². The second-order valence-electron chi connectivity index (χ2n) is 5.08. The van der Waals surface area contributed by atoms with Gasteiger partial charge < -0.3 is 9.84 Å². The van der Waals surface area contributed by atoms with Crippen molar-refractivity contribution in [2.45, 2.75) is 12.8 Å². The summed E-state index contributed by atoms with van der Waals surface area (Å²) in [6.45, 7) is 0. The maximum absolute atomic E-state index is 11.4. The molecule has 5 heteroatoms. The number of ether oxygens (including phenoxy) is 1. The Balaban J connectivity index is 1.97. The molecule has 2 aromatic carbocycles. The van der Waals surface area contributed by atoms with E-state index < -0.39 is 11.0 Å². The largest absolute Gasteiger partial charge is 0.496 e. The topological polar surface area (TPSA) is 75.0 Å². The van der Waals surface area contributed by atoms with Gasteiger partial charge in [-0.15, -0.1) is 0 Å². The Morgan fingerprint density at radius 3 is 2.59 bits per heavy atom. The SMILES string of the molecule is COc1ccc2ccccc2c1CCc1cc(=O)c(=O)[nH][nH]1. The smallest absolute Gasteiger partial charge is 0.310 e. The standard InChI is InChI=1S/C17H16N2O3/c1-22-16-9-6-11-4-2-3-5-13(11)14(16)8-7-12-10-15(20)17(21)19-18-12/h2-6,9-10H,7-8H2,1H3,(H,18,20)(H,19,21). The van der Waals surface area contributed by atoms with Gasteiger partial charge in [0.15, 0.2) is 0 Å². The van der Waals surface area contributed by atoms with Gasteiger partial charge in [-0.05, 0) is 29.7 Å². The van der Waals surface area contributed by atoms with Gasteiger partial charge in [-0.1, -0.05) is 30.3 Å². The van der Waals surface area contributed by atoms with Crippen LogP contribution in [0.1, 0.15) is 11.3 Å². The molecule has 0 amide bonds. The number of methoxy groups -OCH3 is 1. The fourth-order valence-corrected chi connectivity index (χ4v) is 2.62. The van der Waals surface area contributed by atoms with E-state index in [4.69, 9.17) is 4.74 Å². The summed E-state index contributed by atoms with van der Waals surface area (Å²) < 4.78 is 5.45. The molecule has 0 bridgehead atoms. The third kappa shape index (κ3) is 2.65. The molecule has 0 saturated heterocycles. The van der Waals surface area contributed by atoms with Gasteiger partial charge in [-0.25, -0.2) is 0 Å². The number of H-pyrrole nitrogens is 2. The second kappa shape index (κ2) is 5.89. The predicted octanol–water partition coefficient (Wildman–Crippen LogP) is 2.01. The predicted molar refractivity (Wildman–Crippen MR) is 85.6 cm³/mol. The normalized spacial score (nSPS) is 10.8. The summed E-state index contributed by atoms with van der Waals surface area (Å²) in [5, 5.41) is 7.38. The number of hydrogen-bond acceptors (Lipinski definition) is 3. The van der Waals surface area contributed by atoms with Crippen molar-refractivity contribution in [3.8, 4) is 5.75 Å². The van der Waals surface area contributed by atoms with Crippen LogP contribution in [0.25, 0.3) is 10.8 Å². The van der Waals surface area contributed by atoms with Crippen LogP contribution in [-0.4, -0.2) is 17.3 Å². The number of aromatic nitrogens is 2. The van der Waals surface area contributed by atoms with Gasteiger partial charge in [-0.3, -0.25) is 14.7 Å². The van der Waals surface area contributed by atoms with Crippen LogP contribution in [0.4, 0.5) is 0 Å². The van der Waals surface area contributed by atoms with E-state index in [0.717, 1.165) is 22.1 Å². The molecule has 0 atom stereocenters. The quantitative estimate of drug-likeness (QED) is 0.723. The first-order chi connectivity index (χ1) is 10.7. The van der Waals surface area contributed by atoms with Crippen LogP contribution in [0.2, 0.25) is 0 Å². The molecule has 0 spiro atoms. The summed E-state index contributed by atoms with van der Waals surface area (Å²) in [4.78, 5) is 22.5. The van der Waals surface area contributed by atoms with Gasteiger partial charge in [0.25, 0.3) is 0 Å². The number of nitrogens with one attached hydrogen (secondary N) is 2. The molecule has 3 aromatic rings. The zero-order valence-corrected chi connectivity index (χ0v) is 12.2. The molecule has 112 valence electrons. The molecule has 0 saturated carbocycles. The van der Waals surface area contributed by atoms with Crippen molar-refractivity contribution in [1.29, 1.82) is 0 Å². The van der Waals surface area contributed by atoms with Gasteiger partial charge in [-0.2, -0.15) is 0 Å². The molecule has 0 radical (unpaired) electrons. The third-order valence-electron chi connectivity index (χ3n) is 3.73. The van der Waals surface area contributed by atoms with Gasteiger partial charge in [0, 0.05) is 17.3 Å². The van der Waals surface area contributed by atoms with Crippen molar-refractivity contribution < 1.29 is 4.74 Å². The minimum absolute atomic E-state index is 0.529. The van der Waals surface area contributed by atoms with E-state index in [1.807, 2.05) is 24.3 Å². The highest BCUT2D eigenvalue weighted by Crippen LogP contribution is 2.28. The van der Waals surface area contributed by atoms with Crippen molar-refractivity contribution in [3.63, 3.8) is 0 Å². The summed E-state index contributed by atoms with van der Waals surface area (Å²) in [7, 11) is 1.65. The first-order valence-corrected chi connectivity index (χ1v) is 7.04. The van der Waals surface area contributed by atoms with E-state index in [2.05, 4.69) is 22.3 Å². The minimum Gasteiger partial charge on any atom is -0.496 e. The van der Waals surface area contributed by atoms with Crippen molar-refractivity contribution in [2.24, 2.45) is 0 Å². The van der Waals surface area contributed by atoms with Gasteiger partial charge in [0.05, 0.1) is 7.11 Å². The van der Waals surface area contributed by atoms with E-state index >= 15 is 0 Å². The fraction of sp³-hybridized carbons (Fsp3) is 0.176. The van der Waals surface area contributed by atoms with Gasteiger partial charge in [0.1, 0.15) is 5.75 Å². The maximum atomic E-state index is 11.4. The number of aryl methyl sites for hydroxylation is 2. The van der Waals surface area contributed by atoms with Crippen LogP contribution >= 0.6 is 0 Å². The maximum Gasteiger partial charge on any atom is 0.310 e. The molecule has 1 heterocycles. The Labute approximate surface area is 126 Å². The lowest BCUT2D eigenvalue weighted by molar-refractivity contribution is 0.410. The Bertz CT molecular complexity index is 925. The van der Waals surface area contributed by atoms with Crippen molar-refractivity contribution in [2.75, 3.05) is 7.11 Å². The lowest BCUT2D eigenvalue weighted by Crippen LogP contribution is -2.27. The Morgan fingerprint density at radius 1 is 1.00 bits per heavy atom. The highest BCUT2D eigenvalue weighted by Gasteiger charge is 2.09. The van der Waals surface area contributed by atoms with Crippen LogP contribution in [0.15, 0.2) is 52.1 Å². The Hall–Kier alpha value is -2.82. The van der Waals surface area contributed by atoms with E-state index in [1.165, 1.54) is 6.07 Å². The molecule has 0 fully saturated rings. The molecule has 0 aliphatic carbocycles. The molecule has 5 nitrogen and oxygen atoms in total. The van der Waals surface area contributed by atoms with Crippen LogP contribution in [0, 0.1) is 0 Å². The molecule has 3 rings (SSSR count). The third-order valence-corrected chi connectivity index (χ3v) is 3.73. The second-order valence-corrected chi connectivity index (χ2v) is 5.08. The van der Waals surface area contributed by atoms with Crippen LogP contribution in [-0.2, 0) is 12.8 Å². The molecule has 0 unspecified atom stereocenters. The van der Waals surface area contributed by atoms with Crippen molar-refractivity contribution in [1.82, 2.24) is 10.2 Å². The summed E-state index contributed by atoms with van der Waals surface area (Å²) in [6.07, 6.45) is 1.31. The Morgan fingerprint density at radius 2 is 1.82 bits per heavy atom. The zero-order chi connectivity index (χ0) is 15.5. The zero-order valence-electron chi connectivity index (χ0n) is 12.2. The minimum atomic E-state index is -0.633. The van der Waals surface area contributed by atoms with E-state index in [1.54, 1.807) is 7.11 Å². The number of hydrogen-bond donors (Lipinski definition) is 2. The van der Waals surface area contributed by atoms with Gasteiger partial charge >= 0.3 is 5.56 Å². The highest BCUT2D eigenvalue weighted by atomic mass is 16.5. The molecule has 1 aromatic heterocycles. The summed E-state index contributed by atoms with van der Waals surface area (Å²) in [6, 6.07) is 13.4. The molecule has 0 aliphatic rings. The van der Waals surface area contributed by atoms with E-state index in [9.17, 15) is 9.59 Å². The first-order valence-electron chi connectivity index (χ1n) is 7.04. The van der Waals surface area contributed by atoms with E-state index in [-0.39, 0.29) is 0 Å². The molecular formula is C17H16N2O3. The summed E-state index contributed by atoms with van der Waals surface area (Å²) in [5.74, 6) is 0.825. The van der Waals surface area contributed by atoms with Crippen LogP contribution in [0.5, 0.6) is 5.75 Å². The average Bonchev–Trinajstić information content (AvgIpc) is 2.55. The molecule has 0 aliphatic heterocycles. The molecular weight excluding hydrogens is 280 g/mol.